The van der Waals surface area contributed by atoms with Crippen LogP contribution in [0.1, 0.15) is 30.0 Å². The zero-order valence-electron chi connectivity index (χ0n) is 15.4. The van der Waals surface area contributed by atoms with Gasteiger partial charge in [-0.25, -0.2) is 0 Å². The van der Waals surface area contributed by atoms with Crippen molar-refractivity contribution in [2.75, 3.05) is 0 Å². The average Bonchev–Trinajstić information content (AvgIpc) is 2.73. The minimum absolute atomic E-state index is 0.964. The van der Waals surface area contributed by atoms with Crippen molar-refractivity contribution >= 4 is 44.3 Å². The summed E-state index contributed by atoms with van der Waals surface area (Å²) < 4.78 is 0. The van der Waals surface area contributed by atoms with Crippen molar-refractivity contribution < 1.29 is 0 Å². The highest BCUT2D eigenvalue weighted by Crippen LogP contribution is 2.33. The lowest BCUT2D eigenvalue weighted by molar-refractivity contribution is 1.24. The maximum absolute atomic E-state index is 5.66. The van der Waals surface area contributed by atoms with Gasteiger partial charge in [0.2, 0.25) is 0 Å². The van der Waals surface area contributed by atoms with Gasteiger partial charge in [-0.1, -0.05) is 104 Å². The molecular formula is C23H21B3. The molecule has 0 aliphatic rings. The van der Waals surface area contributed by atoms with Crippen LogP contribution in [0.15, 0.2) is 78.9 Å². The molecule has 26 heavy (non-hydrogen) atoms. The Morgan fingerprint density at radius 3 is 1.73 bits per heavy atom. The molecule has 0 bridgehead atoms. The minimum Gasteiger partial charge on any atom is -0.0980 e. The highest BCUT2D eigenvalue weighted by atomic mass is 14.2. The van der Waals surface area contributed by atoms with Crippen molar-refractivity contribution in [3.8, 4) is 0 Å². The van der Waals surface area contributed by atoms with Gasteiger partial charge in [-0.2, -0.15) is 0 Å². The van der Waals surface area contributed by atoms with Gasteiger partial charge in [0.05, 0.1) is 7.17 Å². The second-order valence-electron chi connectivity index (χ2n) is 6.27. The molecule has 0 atom stereocenters. The van der Waals surface area contributed by atoms with E-state index < -0.39 is 0 Å². The molecule has 0 heterocycles. The van der Waals surface area contributed by atoms with E-state index in [1.807, 2.05) is 0 Å². The standard InChI is InChI=1S/C23H21B3/c1-3-22(17-7-5-4-6-8-17)23(18-9-13-20(25-2)14-10-18)19-11-15-21(26-24)16-12-19/h4-16H,3H2,1-2H3/b23-22-. The lowest BCUT2D eigenvalue weighted by Gasteiger charge is -2.17. The van der Waals surface area contributed by atoms with Gasteiger partial charge in [0.25, 0.3) is 0 Å². The van der Waals surface area contributed by atoms with Crippen molar-refractivity contribution in [3.63, 3.8) is 0 Å². The fraction of sp³-hybridized carbons (Fsp3) is 0.130. The van der Waals surface area contributed by atoms with E-state index in [0.29, 0.717) is 0 Å². The summed E-state index contributed by atoms with van der Waals surface area (Å²) in [6.07, 6.45) is 0.964. The monoisotopic (exact) mass is 330 g/mol. The molecule has 0 aromatic heterocycles. The molecule has 122 valence electrons. The van der Waals surface area contributed by atoms with Crippen LogP contribution in [0.2, 0.25) is 6.82 Å². The molecule has 0 aliphatic carbocycles. The zero-order chi connectivity index (χ0) is 18.4. The van der Waals surface area contributed by atoms with Crippen molar-refractivity contribution in [1.82, 2.24) is 0 Å². The topological polar surface area (TPSA) is 0 Å². The Kier molecular flexibility index (Phi) is 6.23. The minimum atomic E-state index is 0.964. The highest BCUT2D eigenvalue weighted by molar-refractivity contribution is 6.97. The molecule has 4 radical (unpaired) electrons. The van der Waals surface area contributed by atoms with E-state index in [4.69, 9.17) is 7.74 Å². The van der Waals surface area contributed by atoms with E-state index in [-0.39, 0.29) is 0 Å². The maximum Gasteiger partial charge on any atom is 0.148 e. The van der Waals surface area contributed by atoms with Crippen molar-refractivity contribution in [2.45, 2.75) is 20.2 Å². The first-order valence-corrected chi connectivity index (χ1v) is 9.10. The highest BCUT2D eigenvalue weighted by Gasteiger charge is 2.13. The van der Waals surface area contributed by atoms with Crippen molar-refractivity contribution in [2.24, 2.45) is 0 Å². The summed E-state index contributed by atoms with van der Waals surface area (Å²) in [5.74, 6) is 0. The van der Waals surface area contributed by atoms with Gasteiger partial charge in [-0.15, -0.1) is 0 Å². The van der Waals surface area contributed by atoms with E-state index in [9.17, 15) is 0 Å². The van der Waals surface area contributed by atoms with Crippen LogP contribution in [0, 0.1) is 0 Å². The summed E-state index contributed by atoms with van der Waals surface area (Å²) in [6, 6.07) is 27.9. The molecule has 3 heteroatoms. The van der Waals surface area contributed by atoms with Crippen LogP contribution in [0.3, 0.4) is 0 Å². The molecular weight excluding hydrogens is 309 g/mol. The smallest absolute Gasteiger partial charge is 0.0980 e. The number of allylic oxidation sites excluding steroid dienone is 1. The molecule has 0 N–H and O–H groups in total. The Balaban J connectivity index is 2.21. The Morgan fingerprint density at radius 1 is 0.731 bits per heavy atom. The Labute approximate surface area is 160 Å². The van der Waals surface area contributed by atoms with Crippen LogP contribution in [-0.2, 0) is 0 Å². The average molecular weight is 330 g/mol. The molecule has 0 aliphatic heterocycles. The summed E-state index contributed by atoms with van der Waals surface area (Å²) in [6.45, 7) is 4.29. The lowest BCUT2D eigenvalue weighted by Crippen LogP contribution is -2.13. The molecule has 0 amide bonds. The molecule has 0 fully saturated rings. The van der Waals surface area contributed by atoms with Gasteiger partial charge in [-0.05, 0) is 34.3 Å². The van der Waals surface area contributed by atoms with E-state index >= 15 is 0 Å². The van der Waals surface area contributed by atoms with Gasteiger partial charge in [0, 0.05) is 7.74 Å². The lowest BCUT2D eigenvalue weighted by atomic mass is 9.51. The largest absolute Gasteiger partial charge is 0.148 e. The maximum atomic E-state index is 5.66. The van der Waals surface area contributed by atoms with E-state index in [0.717, 1.165) is 11.9 Å². The van der Waals surface area contributed by atoms with Crippen LogP contribution >= 0.6 is 0 Å². The summed E-state index contributed by atoms with van der Waals surface area (Å²) >= 11 is 0. The van der Waals surface area contributed by atoms with Crippen molar-refractivity contribution in [1.29, 1.82) is 0 Å². The normalized spacial score (nSPS) is 11.6. The Hall–Kier alpha value is -2.41. The molecule has 0 saturated heterocycles. The third-order valence-electron chi connectivity index (χ3n) is 4.70. The van der Waals surface area contributed by atoms with E-state index in [1.54, 1.807) is 7.17 Å². The van der Waals surface area contributed by atoms with Gasteiger partial charge in [0.1, 0.15) is 7.28 Å². The first-order chi connectivity index (χ1) is 12.8. The number of rotatable bonds is 6. The molecule has 3 aromatic carbocycles. The molecule has 0 unspecified atom stereocenters. The summed E-state index contributed by atoms with van der Waals surface area (Å²) in [4.78, 5) is 0. The molecule has 0 saturated carbocycles. The van der Waals surface area contributed by atoms with Gasteiger partial charge < -0.3 is 0 Å². The summed E-state index contributed by atoms with van der Waals surface area (Å²) in [7, 11) is 9.41. The third-order valence-corrected chi connectivity index (χ3v) is 4.70. The Morgan fingerprint density at radius 2 is 1.27 bits per heavy atom. The number of benzene rings is 3. The fourth-order valence-corrected chi connectivity index (χ4v) is 3.28. The van der Waals surface area contributed by atoms with Gasteiger partial charge in [-0.3, -0.25) is 0 Å². The first kappa shape index (κ1) is 18.4. The SMILES string of the molecule is [B][B]c1ccc(/C(=C(/CC)c2ccccc2)c2ccc([B]C)cc2)cc1. The molecule has 0 spiro atoms. The third kappa shape index (κ3) is 4.04. The second-order valence-corrected chi connectivity index (χ2v) is 6.27. The van der Waals surface area contributed by atoms with Crippen LogP contribution < -0.4 is 10.9 Å². The fourth-order valence-electron chi connectivity index (χ4n) is 3.28. The molecule has 3 rings (SSSR count). The van der Waals surface area contributed by atoms with Crippen LogP contribution in [0.5, 0.6) is 0 Å². The van der Waals surface area contributed by atoms with E-state index in [2.05, 4.69) is 99.9 Å². The van der Waals surface area contributed by atoms with Crippen LogP contribution in [0.25, 0.3) is 11.1 Å². The molecule has 3 aromatic rings. The van der Waals surface area contributed by atoms with Crippen LogP contribution in [0.4, 0.5) is 0 Å². The van der Waals surface area contributed by atoms with Crippen molar-refractivity contribution in [3.05, 3.63) is 95.6 Å². The molecule has 0 nitrogen and oxygen atoms in total. The predicted octanol–water partition coefficient (Wildman–Crippen LogP) is 3.85. The van der Waals surface area contributed by atoms with Crippen LogP contribution in [-0.4, -0.2) is 22.2 Å². The second kappa shape index (κ2) is 8.80. The number of hydrogen-bond acceptors (Lipinski definition) is 0. The van der Waals surface area contributed by atoms with E-state index in [1.165, 1.54) is 33.3 Å². The predicted molar refractivity (Wildman–Crippen MR) is 118 cm³/mol. The number of hydrogen-bond donors (Lipinski definition) is 0. The summed E-state index contributed by atoms with van der Waals surface area (Å²) in [5.41, 5.74) is 8.62. The Bertz CT molecular complexity index is 814. The summed E-state index contributed by atoms with van der Waals surface area (Å²) in [5, 5.41) is 0. The first-order valence-electron chi connectivity index (χ1n) is 9.10. The quantitative estimate of drug-likeness (QED) is 0.476. The zero-order valence-corrected chi connectivity index (χ0v) is 15.4. The van der Waals surface area contributed by atoms with Gasteiger partial charge in [0.15, 0.2) is 0 Å². The van der Waals surface area contributed by atoms with Gasteiger partial charge >= 0.3 is 0 Å².